The van der Waals surface area contributed by atoms with Crippen LogP contribution in [0.25, 0.3) is 0 Å². The summed E-state index contributed by atoms with van der Waals surface area (Å²) < 4.78 is 79.9. The summed E-state index contributed by atoms with van der Waals surface area (Å²) in [6, 6.07) is 18.1. The zero-order valence-corrected chi connectivity index (χ0v) is 37.1. The lowest BCUT2D eigenvalue weighted by molar-refractivity contribution is -0.193. The SMILES string of the molecule is NC(N)=NCCCC(N)C(=O)NCCOCCOCCNC(=O)c1ccc(NC(=O)c2ccc(CN(C(=O)c3ccc4c(c3)OCC(=O)N4)C3CC3)cc2)cc1.O=C(O)C(F)(F)F.O=C(O)C(F)(F)F. The van der Waals surface area contributed by atoms with Crippen LogP contribution in [0, 0.1) is 0 Å². The van der Waals surface area contributed by atoms with Crippen LogP contribution in [0.3, 0.4) is 0 Å². The second-order valence-corrected chi connectivity index (χ2v) is 14.9. The largest absolute Gasteiger partial charge is 0.490 e. The van der Waals surface area contributed by atoms with Gasteiger partial charge in [0.1, 0.15) is 5.75 Å². The molecule has 0 bridgehead atoms. The highest BCUT2D eigenvalue weighted by Gasteiger charge is 2.39. The van der Waals surface area contributed by atoms with Crippen molar-refractivity contribution in [2.75, 3.05) is 63.3 Å². The number of benzene rings is 3. The molecule has 1 saturated carbocycles. The maximum Gasteiger partial charge on any atom is 0.490 e. The Bertz CT molecular complexity index is 2270. The van der Waals surface area contributed by atoms with Gasteiger partial charge in [0.25, 0.3) is 23.6 Å². The number of halogens is 6. The molecule has 1 aliphatic carbocycles. The highest BCUT2D eigenvalue weighted by atomic mass is 19.4. The van der Waals surface area contributed by atoms with Crippen LogP contribution in [0.5, 0.6) is 5.75 Å². The summed E-state index contributed by atoms with van der Waals surface area (Å²) in [7, 11) is 0. The predicted octanol–water partition coefficient (Wildman–Crippen LogP) is 2.60. The van der Waals surface area contributed by atoms with Crippen LogP contribution in [-0.2, 0) is 35.2 Å². The standard InChI is InChI=1S/C39H49N9O8.2C2HF3O2/c40-31(2-1-15-45-39(41)42)37(52)44-17-19-55-21-20-54-18-16-43-35(50)26-7-10-29(11-8-26)46-36(51)27-5-3-25(4-6-27)23-48(30-12-13-30)38(53)28-9-14-32-33(22-28)56-24-34(49)47-32;2*3-2(4,5)1(6)7/h3-11,14,22,30-31H,1-2,12-13,15-21,23-24,40H2,(H,43,50)(H,44,52)(H,46,51)(H,47,49)(H4,41,42,45);2*(H,6,7). The van der Waals surface area contributed by atoms with Gasteiger partial charge in [-0.3, -0.25) is 29.0 Å². The number of hydrogen-bond donors (Lipinski definition) is 9. The van der Waals surface area contributed by atoms with E-state index in [0.717, 1.165) is 18.4 Å². The van der Waals surface area contributed by atoms with Gasteiger partial charge in [0.2, 0.25) is 5.91 Å². The third-order valence-electron chi connectivity index (χ3n) is 9.32. The number of carbonyl (C=O) groups excluding carboxylic acids is 5. The summed E-state index contributed by atoms with van der Waals surface area (Å²) in [6.45, 7) is 2.54. The molecule has 5 rings (SSSR count). The molecular weight excluding hydrogens is 949 g/mol. The summed E-state index contributed by atoms with van der Waals surface area (Å²) in [5, 5.41) is 25.3. The molecule has 1 unspecified atom stereocenters. The second kappa shape index (κ2) is 27.5. The van der Waals surface area contributed by atoms with Gasteiger partial charge >= 0.3 is 24.3 Å². The summed E-state index contributed by atoms with van der Waals surface area (Å²) in [5.41, 5.74) is 19.7. The van der Waals surface area contributed by atoms with E-state index in [0.29, 0.717) is 92.7 Å². The quantitative estimate of drug-likeness (QED) is 0.0321. The normalized spacial score (nSPS) is 13.2. The van der Waals surface area contributed by atoms with Crippen molar-refractivity contribution in [3.8, 4) is 5.75 Å². The van der Waals surface area contributed by atoms with Crippen molar-refractivity contribution in [1.29, 1.82) is 0 Å². The van der Waals surface area contributed by atoms with E-state index in [1.165, 1.54) is 0 Å². The molecule has 1 fully saturated rings. The van der Waals surface area contributed by atoms with Gasteiger partial charge in [-0.15, -0.1) is 0 Å². The van der Waals surface area contributed by atoms with Gasteiger partial charge in [-0.2, -0.15) is 26.3 Å². The first kappa shape index (κ1) is 56.8. The molecule has 0 aromatic heterocycles. The van der Waals surface area contributed by atoms with E-state index in [1.54, 1.807) is 54.6 Å². The van der Waals surface area contributed by atoms with Gasteiger partial charge in [0.05, 0.1) is 38.2 Å². The molecule has 70 heavy (non-hydrogen) atoms. The fourth-order valence-electron chi connectivity index (χ4n) is 5.68. The van der Waals surface area contributed by atoms with Crippen LogP contribution in [0.2, 0.25) is 0 Å². The number of carbonyl (C=O) groups is 7. The summed E-state index contributed by atoms with van der Waals surface area (Å²) >= 11 is 0. The monoisotopic (exact) mass is 999 g/mol. The molecule has 0 radical (unpaired) electrons. The summed E-state index contributed by atoms with van der Waals surface area (Å²) in [4.78, 5) is 86.1. The van der Waals surface area contributed by atoms with Crippen LogP contribution in [0.15, 0.2) is 71.7 Å². The van der Waals surface area contributed by atoms with E-state index in [4.69, 9.17) is 51.2 Å². The van der Waals surface area contributed by atoms with E-state index in [9.17, 15) is 50.3 Å². The smallest absolute Gasteiger partial charge is 0.482 e. The molecule has 3 aromatic carbocycles. The fraction of sp³-hybridized carbons (Fsp3) is 0.395. The molecule has 382 valence electrons. The van der Waals surface area contributed by atoms with Gasteiger partial charge in [-0.05, 0) is 85.8 Å². The first-order valence-corrected chi connectivity index (χ1v) is 21.0. The van der Waals surface area contributed by atoms with Crippen molar-refractivity contribution in [3.05, 3.63) is 89.0 Å². The molecular formula is C43H51F6N9O12. The Morgan fingerprint density at radius 3 is 1.86 bits per heavy atom. The number of hydrogen-bond acceptors (Lipinski definition) is 12. The average Bonchev–Trinajstić information content (AvgIpc) is 4.15. The Balaban J connectivity index is 0.000000806. The van der Waals surface area contributed by atoms with E-state index < -0.39 is 30.3 Å². The lowest BCUT2D eigenvalue weighted by Crippen LogP contribution is -2.42. The minimum atomic E-state index is -5.08. The number of aliphatic carboxylic acids is 2. The molecule has 12 N–H and O–H groups in total. The number of amides is 5. The van der Waals surface area contributed by atoms with Gasteiger partial charge in [0.15, 0.2) is 12.6 Å². The van der Waals surface area contributed by atoms with Crippen LogP contribution >= 0.6 is 0 Å². The molecule has 1 aliphatic heterocycles. The fourth-order valence-corrected chi connectivity index (χ4v) is 5.68. The number of aliphatic imine (C=N–C) groups is 1. The number of fused-ring (bicyclic) bond motifs is 1. The number of alkyl halides is 6. The molecule has 2 aliphatic rings. The number of nitrogens with two attached hydrogens (primary N) is 3. The lowest BCUT2D eigenvalue weighted by Gasteiger charge is -2.24. The lowest BCUT2D eigenvalue weighted by atomic mass is 10.1. The van der Waals surface area contributed by atoms with E-state index in [1.807, 2.05) is 17.0 Å². The number of guanidine groups is 1. The predicted molar refractivity (Wildman–Crippen MR) is 237 cm³/mol. The number of rotatable bonds is 21. The van der Waals surface area contributed by atoms with Crippen molar-refractivity contribution in [2.45, 2.75) is 56.7 Å². The van der Waals surface area contributed by atoms with Gasteiger partial charge < -0.3 is 67.8 Å². The number of nitrogens with one attached hydrogen (secondary N) is 4. The zero-order chi connectivity index (χ0) is 52.0. The van der Waals surface area contributed by atoms with Gasteiger partial charge in [0, 0.05) is 54.6 Å². The Morgan fingerprint density at radius 2 is 1.31 bits per heavy atom. The minimum Gasteiger partial charge on any atom is -0.482 e. The maximum atomic E-state index is 13.5. The van der Waals surface area contributed by atoms with E-state index >= 15 is 0 Å². The molecule has 27 heteroatoms. The first-order chi connectivity index (χ1) is 33.0. The Labute approximate surface area is 395 Å². The average molecular weight is 1000 g/mol. The highest BCUT2D eigenvalue weighted by Crippen LogP contribution is 2.33. The van der Waals surface area contributed by atoms with Crippen molar-refractivity contribution >= 4 is 58.8 Å². The second-order valence-electron chi connectivity index (χ2n) is 14.9. The number of nitrogens with zero attached hydrogens (tertiary/aromatic N) is 2. The third kappa shape index (κ3) is 20.8. The highest BCUT2D eigenvalue weighted by molar-refractivity contribution is 6.04. The Kier molecular flexibility index (Phi) is 22.3. The third-order valence-corrected chi connectivity index (χ3v) is 9.32. The Hall–Kier alpha value is -7.52. The minimum absolute atomic E-state index is 0.00615. The first-order valence-electron chi connectivity index (χ1n) is 21.0. The van der Waals surface area contributed by atoms with Crippen molar-refractivity contribution in [1.82, 2.24) is 15.5 Å². The van der Waals surface area contributed by atoms with E-state index in [2.05, 4.69) is 26.3 Å². The molecule has 0 spiro atoms. The molecule has 5 amide bonds. The van der Waals surface area contributed by atoms with Gasteiger partial charge in [-0.1, -0.05) is 12.1 Å². The zero-order valence-electron chi connectivity index (χ0n) is 37.1. The summed E-state index contributed by atoms with van der Waals surface area (Å²) in [5.74, 6) is -6.27. The molecule has 1 atom stereocenters. The molecule has 0 saturated heterocycles. The number of ether oxygens (including phenoxy) is 3. The topological polar surface area (TPSA) is 329 Å². The van der Waals surface area contributed by atoms with Crippen molar-refractivity contribution in [3.63, 3.8) is 0 Å². The van der Waals surface area contributed by atoms with Crippen molar-refractivity contribution in [2.24, 2.45) is 22.2 Å². The number of anilines is 2. The summed E-state index contributed by atoms with van der Waals surface area (Å²) in [6.07, 6.45) is -7.27. The van der Waals surface area contributed by atoms with Crippen LogP contribution in [-0.4, -0.2) is 140 Å². The molecule has 1 heterocycles. The van der Waals surface area contributed by atoms with Crippen molar-refractivity contribution < 1.29 is 84.3 Å². The molecule has 3 aromatic rings. The maximum absolute atomic E-state index is 13.5. The number of carboxylic acids is 2. The number of carboxylic acid groups (broad SMARTS) is 2. The van der Waals surface area contributed by atoms with Gasteiger partial charge in [-0.25, -0.2) is 9.59 Å². The van der Waals surface area contributed by atoms with Crippen LogP contribution in [0.1, 0.15) is 62.3 Å². The Morgan fingerprint density at radius 1 is 0.786 bits per heavy atom. The van der Waals surface area contributed by atoms with Crippen LogP contribution < -0.4 is 43.2 Å². The molecule has 21 nitrogen and oxygen atoms in total. The van der Waals surface area contributed by atoms with E-state index in [-0.39, 0.29) is 54.8 Å². The van der Waals surface area contributed by atoms with Crippen LogP contribution in [0.4, 0.5) is 37.7 Å².